The van der Waals surface area contributed by atoms with E-state index in [0.29, 0.717) is 31.9 Å². The fourth-order valence-corrected chi connectivity index (χ4v) is 2.65. The molecule has 0 saturated carbocycles. The topological polar surface area (TPSA) is 75.9 Å². The number of rotatable bonds is 6. The van der Waals surface area contributed by atoms with Crippen molar-refractivity contribution in [2.75, 3.05) is 32.8 Å². The van der Waals surface area contributed by atoms with E-state index in [1.54, 1.807) is 9.80 Å². The van der Waals surface area contributed by atoms with Gasteiger partial charge in [0.05, 0.1) is 6.04 Å². The van der Waals surface area contributed by atoms with Crippen molar-refractivity contribution in [1.29, 1.82) is 0 Å². The Morgan fingerprint density at radius 3 is 2.28 bits per heavy atom. The zero-order chi connectivity index (χ0) is 18.4. The van der Waals surface area contributed by atoms with E-state index in [2.05, 4.69) is 0 Å². The van der Waals surface area contributed by atoms with Crippen LogP contribution in [0, 0.1) is 11.7 Å². The zero-order valence-corrected chi connectivity index (χ0v) is 14.8. The van der Waals surface area contributed by atoms with Crippen molar-refractivity contribution in [2.45, 2.75) is 26.3 Å². The van der Waals surface area contributed by atoms with Gasteiger partial charge in [0.2, 0.25) is 5.91 Å². The van der Waals surface area contributed by atoms with Crippen LogP contribution in [0.4, 0.5) is 4.39 Å². The van der Waals surface area contributed by atoms with Crippen molar-refractivity contribution in [3.05, 3.63) is 30.1 Å². The van der Waals surface area contributed by atoms with E-state index in [4.69, 9.17) is 10.5 Å². The van der Waals surface area contributed by atoms with E-state index in [-0.39, 0.29) is 30.2 Å². The molecule has 1 aromatic carbocycles. The Hall–Kier alpha value is -2.15. The second-order valence-corrected chi connectivity index (χ2v) is 6.36. The molecule has 1 aliphatic rings. The lowest BCUT2D eigenvalue weighted by molar-refractivity contribution is -0.142. The summed E-state index contributed by atoms with van der Waals surface area (Å²) >= 11 is 0. The first kappa shape index (κ1) is 19.2. The van der Waals surface area contributed by atoms with Gasteiger partial charge in [-0.1, -0.05) is 20.3 Å². The van der Waals surface area contributed by atoms with Gasteiger partial charge in [-0.25, -0.2) is 4.39 Å². The largest absolute Gasteiger partial charge is 0.484 e. The van der Waals surface area contributed by atoms with Crippen molar-refractivity contribution in [3.8, 4) is 5.75 Å². The molecule has 1 saturated heterocycles. The second-order valence-electron chi connectivity index (χ2n) is 6.36. The molecule has 6 nitrogen and oxygen atoms in total. The predicted molar refractivity (Wildman–Crippen MR) is 92.5 cm³/mol. The Morgan fingerprint density at radius 2 is 1.72 bits per heavy atom. The predicted octanol–water partition coefficient (Wildman–Crippen LogP) is 1.25. The van der Waals surface area contributed by atoms with Crippen LogP contribution in [0.2, 0.25) is 0 Å². The summed E-state index contributed by atoms with van der Waals surface area (Å²) in [6.07, 6.45) is 0.853. The van der Waals surface area contributed by atoms with E-state index >= 15 is 0 Å². The van der Waals surface area contributed by atoms with Crippen LogP contribution >= 0.6 is 0 Å². The molecule has 0 aromatic heterocycles. The lowest BCUT2D eigenvalue weighted by Gasteiger charge is -2.36. The van der Waals surface area contributed by atoms with Gasteiger partial charge in [0.25, 0.3) is 5.91 Å². The summed E-state index contributed by atoms with van der Waals surface area (Å²) in [6, 6.07) is 5.04. The molecule has 0 spiro atoms. The molecular formula is C18H26FN3O3. The molecule has 1 aliphatic heterocycles. The highest BCUT2D eigenvalue weighted by atomic mass is 19.1. The SMILES string of the molecule is CCC(C)C(N)C(=O)N1CCN(C(=O)COc2ccc(F)cc2)CC1. The molecule has 2 atom stereocenters. The molecule has 0 bridgehead atoms. The maximum Gasteiger partial charge on any atom is 0.260 e. The molecule has 2 amide bonds. The van der Waals surface area contributed by atoms with Crippen LogP contribution < -0.4 is 10.5 Å². The van der Waals surface area contributed by atoms with Crippen molar-refractivity contribution >= 4 is 11.8 Å². The Bertz CT molecular complexity index is 586. The van der Waals surface area contributed by atoms with Gasteiger partial charge in [-0.15, -0.1) is 0 Å². The molecule has 1 heterocycles. The Morgan fingerprint density at radius 1 is 1.16 bits per heavy atom. The number of halogens is 1. The van der Waals surface area contributed by atoms with Crippen LogP contribution in [-0.2, 0) is 9.59 Å². The van der Waals surface area contributed by atoms with Gasteiger partial charge in [-0.2, -0.15) is 0 Å². The first-order valence-corrected chi connectivity index (χ1v) is 8.63. The number of piperazine rings is 1. The van der Waals surface area contributed by atoms with E-state index in [1.165, 1.54) is 24.3 Å². The van der Waals surface area contributed by atoms with Crippen molar-refractivity contribution in [2.24, 2.45) is 11.7 Å². The molecular weight excluding hydrogens is 325 g/mol. The third kappa shape index (κ3) is 5.16. The summed E-state index contributed by atoms with van der Waals surface area (Å²) < 4.78 is 18.2. The van der Waals surface area contributed by atoms with Crippen molar-refractivity contribution in [3.63, 3.8) is 0 Å². The van der Waals surface area contributed by atoms with Crippen molar-refractivity contribution in [1.82, 2.24) is 9.80 Å². The number of nitrogens with zero attached hydrogens (tertiary/aromatic N) is 2. The number of amides is 2. The standard InChI is InChI=1S/C18H26FN3O3/c1-3-13(2)17(20)18(24)22-10-8-21(9-11-22)16(23)12-25-15-6-4-14(19)5-7-15/h4-7,13,17H,3,8-12,20H2,1-2H3. The van der Waals surface area contributed by atoms with Gasteiger partial charge in [-0.3, -0.25) is 9.59 Å². The summed E-state index contributed by atoms with van der Waals surface area (Å²) in [7, 11) is 0. The first-order chi connectivity index (χ1) is 11.9. The number of carbonyl (C=O) groups excluding carboxylic acids is 2. The van der Waals surface area contributed by atoms with Crippen LogP contribution in [0.3, 0.4) is 0 Å². The number of nitrogens with two attached hydrogens (primary N) is 1. The monoisotopic (exact) mass is 351 g/mol. The molecule has 1 aromatic rings. The van der Waals surface area contributed by atoms with Gasteiger partial charge in [0.15, 0.2) is 6.61 Å². The highest BCUT2D eigenvalue weighted by Gasteiger charge is 2.29. The third-order valence-corrected chi connectivity index (χ3v) is 4.66. The van der Waals surface area contributed by atoms with Gasteiger partial charge < -0.3 is 20.3 Å². The summed E-state index contributed by atoms with van der Waals surface area (Å²) in [4.78, 5) is 27.9. The van der Waals surface area contributed by atoms with Gasteiger partial charge in [-0.05, 0) is 30.2 Å². The number of hydrogen-bond donors (Lipinski definition) is 1. The number of hydrogen-bond acceptors (Lipinski definition) is 4. The lowest BCUT2D eigenvalue weighted by atomic mass is 9.98. The van der Waals surface area contributed by atoms with Crippen molar-refractivity contribution < 1.29 is 18.7 Å². The second kappa shape index (κ2) is 8.80. The minimum Gasteiger partial charge on any atom is -0.484 e. The third-order valence-electron chi connectivity index (χ3n) is 4.66. The van der Waals surface area contributed by atoms with Gasteiger partial charge in [0, 0.05) is 26.2 Å². The Labute approximate surface area is 147 Å². The smallest absolute Gasteiger partial charge is 0.260 e. The normalized spacial score (nSPS) is 17.1. The molecule has 2 N–H and O–H groups in total. The maximum absolute atomic E-state index is 12.8. The fraction of sp³-hybridized carbons (Fsp3) is 0.556. The maximum atomic E-state index is 12.8. The summed E-state index contributed by atoms with van der Waals surface area (Å²) in [5.41, 5.74) is 6.00. The molecule has 1 fully saturated rings. The molecule has 0 aliphatic carbocycles. The highest BCUT2D eigenvalue weighted by Crippen LogP contribution is 2.13. The molecule has 138 valence electrons. The first-order valence-electron chi connectivity index (χ1n) is 8.63. The Kier molecular flexibility index (Phi) is 6.75. The van der Waals surface area contributed by atoms with E-state index in [9.17, 15) is 14.0 Å². The van der Waals surface area contributed by atoms with Gasteiger partial charge in [0.1, 0.15) is 11.6 Å². The van der Waals surface area contributed by atoms with E-state index in [1.807, 2.05) is 13.8 Å². The fourth-order valence-electron chi connectivity index (χ4n) is 2.65. The minimum absolute atomic E-state index is 0.0518. The van der Waals surface area contributed by atoms with Crippen LogP contribution in [0.5, 0.6) is 5.75 Å². The van der Waals surface area contributed by atoms with Crippen LogP contribution in [0.25, 0.3) is 0 Å². The highest BCUT2D eigenvalue weighted by molar-refractivity contribution is 5.82. The summed E-state index contributed by atoms with van der Waals surface area (Å²) in [5, 5.41) is 0. The number of carbonyl (C=O) groups is 2. The van der Waals surface area contributed by atoms with E-state index < -0.39 is 6.04 Å². The molecule has 2 unspecified atom stereocenters. The molecule has 2 rings (SSSR count). The lowest BCUT2D eigenvalue weighted by Crippen LogP contribution is -2.56. The van der Waals surface area contributed by atoms with E-state index in [0.717, 1.165) is 6.42 Å². The number of benzene rings is 1. The average molecular weight is 351 g/mol. The van der Waals surface area contributed by atoms with Crippen LogP contribution in [0.15, 0.2) is 24.3 Å². The summed E-state index contributed by atoms with van der Waals surface area (Å²) in [5.74, 6) is 0.0288. The Balaban J connectivity index is 1.78. The van der Waals surface area contributed by atoms with Gasteiger partial charge >= 0.3 is 0 Å². The average Bonchev–Trinajstić information content (AvgIpc) is 2.65. The quantitative estimate of drug-likeness (QED) is 0.837. The van der Waals surface area contributed by atoms with Crippen LogP contribution in [0.1, 0.15) is 20.3 Å². The summed E-state index contributed by atoms with van der Waals surface area (Å²) in [6.45, 7) is 5.75. The number of ether oxygens (including phenoxy) is 1. The zero-order valence-electron chi connectivity index (χ0n) is 14.8. The molecule has 25 heavy (non-hydrogen) atoms. The minimum atomic E-state index is -0.492. The molecule has 0 radical (unpaired) electrons. The molecule has 7 heteroatoms. The van der Waals surface area contributed by atoms with Crippen LogP contribution in [-0.4, -0.2) is 60.4 Å².